The van der Waals surface area contributed by atoms with Gasteiger partial charge in [-0.15, -0.1) is 0 Å². The zero-order valence-electron chi connectivity index (χ0n) is 10.5. The van der Waals surface area contributed by atoms with Crippen molar-refractivity contribution in [1.82, 2.24) is 0 Å². The van der Waals surface area contributed by atoms with Crippen molar-refractivity contribution in [1.29, 1.82) is 0 Å². The van der Waals surface area contributed by atoms with E-state index in [0.29, 0.717) is 16.3 Å². The number of hydrogen-bond donors (Lipinski definition) is 0. The largest absolute Gasteiger partial charge is 0.457 e. The molecule has 0 saturated heterocycles. The van der Waals surface area contributed by atoms with Crippen LogP contribution in [0.25, 0.3) is 0 Å². The van der Waals surface area contributed by atoms with Gasteiger partial charge in [0.15, 0.2) is 5.78 Å². The van der Waals surface area contributed by atoms with Crippen LogP contribution in [0.3, 0.4) is 0 Å². The van der Waals surface area contributed by atoms with Crippen molar-refractivity contribution in [2.75, 3.05) is 0 Å². The van der Waals surface area contributed by atoms with E-state index in [-0.39, 0.29) is 5.78 Å². The summed E-state index contributed by atoms with van der Waals surface area (Å²) in [6.45, 7) is 3.47. The van der Waals surface area contributed by atoms with Gasteiger partial charge in [-0.2, -0.15) is 0 Å². The zero-order valence-corrected chi connectivity index (χ0v) is 12.9. The second kappa shape index (κ2) is 5.76. The van der Waals surface area contributed by atoms with Crippen LogP contribution in [0.2, 0.25) is 5.02 Å². The molecule has 0 bridgehead atoms. The molecule has 0 radical (unpaired) electrons. The number of ketones is 1. The predicted octanol–water partition coefficient (Wildman–Crippen LogP) is 5.41. The van der Waals surface area contributed by atoms with Gasteiger partial charge in [0.25, 0.3) is 0 Å². The normalized spacial score (nSPS) is 10.3. The van der Waals surface area contributed by atoms with Gasteiger partial charge in [0.2, 0.25) is 0 Å². The lowest BCUT2D eigenvalue weighted by molar-refractivity contribution is 0.101. The zero-order chi connectivity index (χ0) is 14.0. The summed E-state index contributed by atoms with van der Waals surface area (Å²) < 4.78 is 6.75. The van der Waals surface area contributed by atoms with Gasteiger partial charge in [0.1, 0.15) is 11.5 Å². The van der Waals surface area contributed by atoms with E-state index in [0.717, 1.165) is 15.8 Å². The molecule has 2 aromatic rings. The number of carbonyl (C=O) groups is 1. The van der Waals surface area contributed by atoms with Gasteiger partial charge in [-0.3, -0.25) is 4.79 Å². The number of halogens is 2. The number of hydrogen-bond acceptors (Lipinski definition) is 2. The molecule has 2 nitrogen and oxygen atoms in total. The monoisotopic (exact) mass is 338 g/mol. The quantitative estimate of drug-likeness (QED) is 0.699. The highest BCUT2D eigenvalue weighted by atomic mass is 79.9. The Hall–Kier alpha value is -1.32. The average Bonchev–Trinajstić information content (AvgIpc) is 2.33. The lowest BCUT2D eigenvalue weighted by Gasteiger charge is -2.09. The van der Waals surface area contributed by atoms with Gasteiger partial charge in [-0.05, 0) is 49.7 Å². The predicted molar refractivity (Wildman–Crippen MR) is 80.4 cm³/mol. The van der Waals surface area contributed by atoms with Crippen molar-refractivity contribution < 1.29 is 9.53 Å². The fourth-order valence-corrected chi connectivity index (χ4v) is 2.21. The van der Waals surface area contributed by atoms with Crippen LogP contribution in [-0.4, -0.2) is 5.78 Å². The minimum absolute atomic E-state index is 0.0592. The maximum Gasteiger partial charge on any atom is 0.161 e. The van der Waals surface area contributed by atoms with Crippen LogP contribution in [0, 0.1) is 6.92 Å². The number of rotatable bonds is 3. The Balaban J connectivity index is 2.26. The maximum atomic E-state index is 11.3. The van der Waals surface area contributed by atoms with Gasteiger partial charge < -0.3 is 4.74 Å². The number of Topliss-reactive ketones (excluding diaryl/α,β-unsaturated/α-hetero) is 1. The maximum absolute atomic E-state index is 11.3. The minimum Gasteiger partial charge on any atom is -0.457 e. The van der Waals surface area contributed by atoms with E-state index in [1.165, 1.54) is 6.92 Å². The first-order chi connectivity index (χ1) is 8.97. The number of aryl methyl sites for hydroxylation is 1. The van der Waals surface area contributed by atoms with E-state index in [2.05, 4.69) is 15.9 Å². The van der Waals surface area contributed by atoms with Crippen LogP contribution < -0.4 is 4.74 Å². The Morgan fingerprint density at radius 2 is 1.79 bits per heavy atom. The number of carbonyl (C=O) groups excluding carboxylic acids is 1. The topological polar surface area (TPSA) is 26.3 Å². The molecule has 4 heteroatoms. The molecular formula is C15H12BrClO2. The smallest absolute Gasteiger partial charge is 0.161 e. The van der Waals surface area contributed by atoms with Crippen LogP contribution in [0.4, 0.5) is 0 Å². The Bertz CT molecular complexity index is 638. The minimum atomic E-state index is -0.0592. The fraction of sp³-hybridized carbons (Fsp3) is 0.133. The van der Waals surface area contributed by atoms with Crippen molar-refractivity contribution in [2.24, 2.45) is 0 Å². The van der Waals surface area contributed by atoms with E-state index in [1.54, 1.807) is 18.2 Å². The van der Waals surface area contributed by atoms with Crippen LogP contribution >= 0.6 is 27.5 Å². The summed E-state index contributed by atoms with van der Waals surface area (Å²) in [5.41, 5.74) is 1.59. The molecule has 0 saturated carbocycles. The Labute approximate surface area is 125 Å². The molecule has 0 heterocycles. The second-order valence-electron chi connectivity index (χ2n) is 4.21. The Morgan fingerprint density at radius 1 is 1.16 bits per heavy atom. The molecule has 0 atom stereocenters. The third kappa shape index (κ3) is 3.37. The number of benzene rings is 2. The van der Waals surface area contributed by atoms with E-state index in [4.69, 9.17) is 16.3 Å². The molecule has 0 unspecified atom stereocenters. The van der Waals surface area contributed by atoms with Crippen molar-refractivity contribution in [3.8, 4) is 11.5 Å². The Morgan fingerprint density at radius 3 is 2.37 bits per heavy atom. The van der Waals surface area contributed by atoms with E-state index in [1.807, 2.05) is 25.1 Å². The first kappa shape index (κ1) is 14.1. The molecule has 2 aromatic carbocycles. The first-order valence-electron chi connectivity index (χ1n) is 5.72. The highest BCUT2D eigenvalue weighted by Gasteiger charge is 2.07. The SMILES string of the molecule is CC(=O)c1ccc(Oc2ccc(Br)c(C)c2)cc1Cl. The van der Waals surface area contributed by atoms with Crippen LogP contribution in [0.15, 0.2) is 40.9 Å². The summed E-state index contributed by atoms with van der Waals surface area (Å²) in [7, 11) is 0. The van der Waals surface area contributed by atoms with Crippen molar-refractivity contribution in [2.45, 2.75) is 13.8 Å². The summed E-state index contributed by atoms with van der Waals surface area (Å²) in [6.07, 6.45) is 0. The van der Waals surface area contributed by atoms with Crippen molar-refractivity contribution >= 4 is 33.3 Å². The van der Waals surface area contributed by atoms with Crippen LogP contribution in [0.1, 0.15) is 22.8 Å². The molecule has 0 aliphatic carbocycles. The summed E-state index contributed by atoms with van der Waals surface area (Å²) >= 11 is 9.48. The van der Waals surface area contributed by atoms with Gasteiger partial charge in [-0.25, -0.2) is 0 Å². The molecule has 0 aliphatic rings. The standard InChI is InChI=1S/C15H12BrClO2/c1-9-7-11(4-6-14(9)16)19-12-3-5-13(10(2)18)15(17)8-12/h3-8H,1-2H3. The van der Waals surface area contributed by atoms with Gasteiger partial charge >= 0.3 is 0 Å². The molecule has 0 fully saturated rings. The molecular weight excluding hydrogens is 328 g/mol. The summed E-state index contributed by atoms with van der Waals surface area (Å²) in [5.74, 6) is 1.28. The summed E-state index contributed by atoms with van der Waals surface area (Å²) in [5, 5.41) is 0.402. The highest BCUT2D eigenvalue weighted by Crippen LogP contribution is 2.29. The second-order valence-corrected chi connectivity index (χ2v) is 5.47. The fourth-order valence-electron chi connectivity index (χ4n) is 1.66. The number of ether oxygens (including phenoxy) is 1. The third-order valence-electron chi connectivity index (χ3n) is 2.68. The molecule has 2 rings (SSSR count). The lowest BCUT2D eigenvalue weighted by atomic mass is 10.1. The van der Waals surface area contributed by atoms with Gasteiger partial charge in [0, 0.05) is 16.1 Å². The highest BCUT2D eigenvalue weighted by molar-refractivity contribution is 9.10. The van der Waals surface area contributed by atoms with Crippen LogP contribution in [-0.2, 0) is 0 Å². The first-order valence-corrected chi connectivity index (χ1v) is 6.89. The molecule has 98 valence electrons. The molecule has 19 heavy (non-hydrogen) atoms. The Kier molecular flexibility index (Phi) is 4.27. The van der Waals surface area contributed by atoms with Gasteiger partial charge in [-0.1, -0.05) is 27.5 Å². The van der Waals surface area contributed by atoms with Crippen LogP contribution in [0.5, 0.6) is 11.5 Å². The average molecular weight is 340 g/mol. The summed E-state index contributed by atoms with van der Waals surface area (Å²) in [4.78, 5) is 11.3. The third-order valence-corrected chi connectivity index (χ3v) is 3.89. The van der Waals surface area contributed by atoms with E-state index in [9.17, 15) is 4.79 Å². The summed E-state index contributed by atoms with van der Waals surface area (Å²) in [6, 6.07) is 10.8. The molecule has 0 aliphatic heterocycles. The molecule has 0 amide bonds. The molecule has 0 N–H and O–H groups in total. The van der Waals surface area contributed by atoms with Crippen molar-refractivity contribution in [3.05, 3.63) is 57.0 Å². The van der Waals surface area contributed by atoms with E-state index >= 15 is 0 Å². The molecule has 0 aromatic heterocycles. The van der Waals surface area contributed by atoms with Crippen molar-refractivity contribution in [3.63, 3.8) is 0 Å². The van der Waals surface area contributed by atoms with Gasteiger partial charge in [0.05, 0.1) is 5.02 Å². The van der Waals surface area contributed by atoms with E-state index < -0.39 is 0 Å². The molecule has 0 spiro atoms. The lowest BCUT2D eigenvalue weighted by Crippen LogP contribution is -1.94.